The van der Waals surface area contributed by atoms with Gasteiger partial charge in [-0.1, -0.05) is 19.1 Å². The van der Waals surface area contributed by atoms with E-state index in [9.17, 15) is 9.59 Å². The van der Waals surface area contributed by atoms with E-state index in [0.29, 0.717) is 17.7 Å². The lowest BCUT2D eigenvalue weighted by atomic mass is 10.0. The number of hydrogen-bond donors (Lipinski definition) is 1. The molecule has 1 saturated heterocycles. The van der Waals surface area contributed by atoms with E-state index in [-0.39, 0.29) is 12.0 Å². The molecule has 2 heterocycles. The minimum Gasteiger partial charge on any atom is -0.376 e. The monoisotopic (exact) mass is 367 g/mol. The number of primary amides is 1. The molecule has 27 heavy (non-hydrogen) atoms. The van der Waals surface area contributed by atoms with E-state index in [1.54, 1.807) is 12.3 Å². The number of nitrogens with two attached hydrogens (primary N) is 1. The molecule has 0 unspecified atom stereocenters. The fourth-order valence-electron chi connectivity index (χ4n) is 3.26. The van der Waals surface area contributed by atoms with Gasteiger partial charge in [-0.05, 0) is 43.0 Å². The highest BCUT2D eigenvalue weighted by molar-refractivity contribution is 5.95. The highest BCUT2D eigenvalue weighted by Crippen LogP contribution is 2.22. The van der Waals surface area contributed by atoms with Gasteiger partial charge in [0, 0.05) is 43.2 Å². The zero-order valence-electron chi connectivity index (χ0n) is 15.6. The van der Waals surface area contributed by atoms with Crippen molar-refractivity contribution in [2.45, 2.75) is 32.3 Å². The molecule has 0 bridgehead atoms. The molecule has 0 spiro atoms. The van der Waals surface area contributed by atoms with Gasteiger partial charge in [0.1, 0.15) is 0 Å². The summed E-state index contributed by atoms with van der Waals surface area (Å²) < 4.78 is 5.82. The normalized spacial score (nSPS) is 16.9. The van der Waals surface area contributed by atoms with Crippen LogP contribution in [0.5, 0.6) is 0 Å². The van der Waals surface area contributed by atoms with Gasteiger partial charge in [-0.15, -0.1) is 0 Å². The maximum absolute atomic E-state index is 12.8. The number of aromatic nitrogens is 1. The van der Waals surface area contributed by atoms with Gasteiger partial charge in [-0.25, -0.2) is 0 Å². The Bertz CT molecular complexity index is 805. The standard InChI is InChI=1S/C21H25N3O3/c1-2-10-27-19-4-3-9-24(14-19)21(26)16-7-5-15(6-8-16)17-11-18(20(22)25)13-23-12-17/h5-8,11-13,19H,2-4,9-10,14H2,1H3,(H2,22,25)/t19-/m0/s1. The summed E-state index contributed by atoms with van der Waals surface area (Å²) in [6.07, 6.45) is 6.19. The Morgan fingerprint density at radius 2 is 1.96 bits per heavy atom. The largest absolute Gasteiger partial charge is 0.376 e. The number of rotatable bonds is 6. The molecule has 1 aliphatic heterocycles. The molecular formula is C21H25N3O3. The summed E-state index contributed by atoms with van der Waals surface area (Å²) in [5.74, 6) is -0.489. The van der Waals surface area contributed by atoms with Gasteiger partial charge in [0.05, 0.1) is 11.7 Å². The first-order chi connectivity index (χ1) is 13.1. The number of carbonyl (C=O) groups excluding carboxylic acids is 2. The molecule has 6 heteroatoms. The van der Waals surface area contributed by atoms with Gasteiger partial charge in [0.25, 0.3) is 5.91 Å². The van der Waals surface area contributed by atoms with Crippen LogP contribution in [0.2, 0.25) is 0 Å². The van der Waals surface area contributed by atoms with Gasteiger partial charge in [-0.3, -0.25) is 14.6 Å². The van der Waals surface area contributed by atoms with Crippen LogP contribution in [0.25, 0.3) is 11.1 Å². The first-order valence-electron chi connectivity index (χ1n) is 9.34. The van der Waals surface area contributed by atoms with Gasteiger partial charge >= 0.3 is 0 Å². The maximum atomic E-state index is 12.8. The third-order valence-electron chi connectivity index (χ3n) is 4.71. The summed E-state index contributed by atoms with van der Waals surface area (Å²) >= 11 is 0. The molecular weight excluding hydrogens is 342 g/mol. The first-order valence-corrected chi connectivity index (χ1v) is 9.34. The van der Waals surface area contributed by atoms with Crippen LogP contribution < -0.4 is 5.73 Å². The summed E-state index contributed by atoms with van der Waals surface area (Å²) in [5.41, 5.74) is 7.98. The number of amides is 2. The molecule has 1 fully saturated rings. The van der Waals surface area contributed by atoms with E-state index < -0.39 is 5.91 Å². The van der Waals surface area contributed by atoms with Crippen LogP contribution >= 0.6 is 0 Å². The summed E-state index contributed by atoms with van der Waals surface area (Å²) in [6, 6.07) is 9.05. The van der Waals surface area contributed by atoms with Gasteiger partial charge in [0.15, 0.2) is 0 Å². The quantitative estimate of drug-likeness (QED) is 0.851. The molecule has 1 aliphatic rings. The molecule has 1 aromatic carbocycles. The predicted octanol–water partition coefficient (Wildman–Crippen LogP) is 2.88. The van der Waals surface area contributed by atoms with Gasteiger partial charge < -0.3 is 15.4 Å². The molecule has 2 amide bonds. The molecule has 0 radical (unpaired) electrons. The molecule has 3 rings (SSSR count). The number of piperidine rings is 1. The van der Waals surface area contributed by atoms with Crippen molar-refractivity contribution < 1.29 is 14.3 Å². The second-order valence-corrected chi connectivity index (χ2v) is 6.79. The molecule has 142 valence electrons. The Balaban J connectivity index is 1.70. The Kier molecular flexibility index (Phi) is 6.19. The number of nitrogens with zero attached hydrogens (tertiary/aromatic N) is 2. The van der Waals surface area contributed by atoms with E-state index in [4.69, 9.17) is 10.5 Å². The van der Waals surface area contributed by atoms with E-state index in [1.165, 1.54) is 6.20 Å². The van der Waals surface area contributed by atoms with E-state index in [2.05, 4.69) is 11.9 Å². The molecule has 1 atom stereocenters. The second kappa shape index (κ2) is 8.77. The van der Waals surface area contributed by atoms with Crippen LogP contribution in [-0.2, 0) is 4.74 Å². The third-order valence-corrected chi connectivity index (χ3v) is 4.71. The highest BCUT2D eigenvalue weighted by atomic mass is 16.5. The Hall–Kier alpha value is -2.73. The Morgan fingerprint density at radius 1 is 1.19 bits per heavy atom. The molecule has 0 saturated carbocycles. The van der Waals surface area contributed by atoms with E-state index in [0.717, 1.165) is 43.5 Å². The first kappa shape index (κ1) is 19.0. The summed E-state index contributed by atoms with van der Waals surface area (Å²) in [4.78, 5) is 30.0. The fourth-order valence-corrected chi connectivity index (χ4v) is 3.26. The predicted molar refractivity (Wildman–Crippen MR) is 103 cm³/mol. The van der Waals surface area contributed by atoms with Crippen LogP contribution in [0.1, 0.15) is 46.9 Å². The Labute approximate surface area is 159 Å². The number of hydrogen-bond acceptors (Lipinski definition) is 4. The lowest BCUT2D eigenvalue weighted by molar-refractivity contribution is 0.00211. The van der Waals surface area contributed by atoms with Crippen molar-refractivity contribution in [3.05, 3.63) is 53.9 Å². The SMILES string of the molecule is CCCO[C@H]1CCCN(C(=O)c2ccc(-c3cncc(C(N)=O)c3)cc2)C1. The second-order valence-electron chi connectivity index (χ2n) is 6.79. The van der Waals surface area contributed by atoms with Crippen LogP contribution in [0.15, 0.2) is 42.7 Å². The van der Waals surface area contributed by atoms with Crippen LogP contribution in [0, 0.1) is 0 Å². The summed E-state index contributed by atoms with van der Waals surface area (Å²) in [5, 5.41) is 0. The van der Waals surface area contributed by atoms with Crippen LogP contribution in [-0.4, -0.2) is 47.5 Å². The molecule has 1 aromatic heterocycles. The van der Waals surface area contributed by atoms with Gasteiger partial charge in [-0.2, -0.15) is 0 Å². The lowest BCUT2D eigenvalue weighted by Crippen LogP contribution is -2.43. The zero-order chi connectivity index (χ0) is 19.2. The highest BCUT2D eigenvalue weighted by Gasteiger charge is 2.24. The summed E-state index contributed by atoms with van der Waals surface area (Å²) in [7, 11) is 0. The smallest absolute Gasteiger partial charge is 0.253 e. The zero-order valence-corrected chi connectivity index (χ0v) is 15.6. The third kappa shape index (κ3) is 4.71. The van der Waals surface area contributed by atoms with Crippen molar-refractivity contribution in [1.82, 2.24) is 9.88 Å². The van der Waals surface area contributed by atoms with E-state index in [1.807, 2.05) is 29.2 Å². The van der Waals surface area contributed by atoms with E-state index >= 15 is 0 Å². The van der Waals surface area contributed by atoms with Crippen LogP contribution in [0.4, 0.5) is 0 Å². The number of ether oxygens (including phenoxy) is 1. The summed E-state index contributed by atoms with van der Waals surface area (Å²) in [6.45, 7) is 4.23. The molecule has 0 aliphatic carbocycles. The Morgan fingerprint density at radius 3 is 2.67 bits per heavy atom. The lowest BCUT2D eigenvalue weighted by Gasteiger charge is -2.32. The molecule has 6 nitrogen and oxygen atoms in total. The number of carbonyl (C=O) groups is 2. The average molecular weight is 367 g/mol. The van der Waals surface area contributed by atoms with Crippen molar-refractivity contribution in [2.75, 3.05) is 19.7 Å². The number of benzene rings is 1. The van der Waals surface area contributed by atoms with Crippen molar-refractivity contribution in [1.29, 1.82) is 0 Å². The topological polar surface area (TPSA) is 85.5 Å². The number of likely N-dealkylation sites (tertiary alicyclic amines) is 1. The van der Waals surface area contributed by atoms with Crippen molar-refractivity contribution >= 4 is 11.8 Å². The van der Waals surface area contributed by atoms with Crippen molar-refractivity contribution in [3.63, 3.8) is 0 Å². The average Bonchev–Trinajstić information content (AvgIpc) is 2.72. The molecule has 2 aromatic rings. The van der Waals surface area contributed by atoms with Gasteiger partial charge in [0.2, 0.25) is 5.91 Å². The maximum Gasteiger partial charge on any atom is 0.253 e. The van der Waals surface area contributed by atoms with Crippen molar-refractivity contribution in [3.8, 4) is 11.1 Å². The minimum atomic E-state index is -0.513. The molecule has 2 N–H and O–H groups in total. The fraction of sp³-hybridized carbons (Fsp3) is 0.381. The number of pyridine rings is 1. The minimum absolute atomic E-state index is 0.0235. The van der Waals surface area contributed by atoms with Crippen molar-refractivity contribution in [2.24, 2.45) is 5.73 Å². The van der Waals surface area contributed by atoms with Crippen LogP contribution in [0.3, 0.4) is 0 Å².